The normalized spacial score (nSPS) is 18.5. The molecule has 2 fully saturated rings. The molecule has 0 unspecified atom stereocenters. The first-order chi connectivity index (χ1) is 19.0. The number of carbonyl (C=O) groups is 2. The van der Waals surface area contributed by atoms with E-state index in [0.717, 1.165) is 33.3 Å². The molecule has 2 amide bonds. The number of rotatable bonds is 6. The number of fused-ring (bicyclic) bond motifs is 1. The fraction of sp³-hybridized carbons (Fsp3) is 0.516. The Morgan fingerprint density at radius 1 is 0.925 bits per heavy atom. The number of nitrogens with zero attached hydrogens (tertiary/aromatic N) is 1. The van der Waals surface area contributed by atoms with Crippen LogP contribution in [0.3, 0.4) is 0 Å². The number of hydrogen-bond acceptors (Lipinski definition) is 6. The molecule has 9 heteroatoms. The predicted molar refractivity (Wildman–Crippen MR) is 162 cm³/mol. The number of sulfone groups is 1. The molecular formula is C31H39N3O4S2. The van der Waals surface area contributed by atoms with Gasteiger partial charge in [-0.25, -0.2) is 13.4 Å². The van der Waals surface area contributed by atoms with Crippen molar-refractivity contribution in [3.05, 3.63) is 52.7 Å². The molecule has 1 saturated heterocycles. The number of hydrogen-bond donors (Lipinski definition) is 2. The number of carbonyl (C=O) groups excluding carboxylic acids is 2. The fourth-order valence-corrected chi connectivity index (χ4v) is 8.37. The van der Waals surface area contributed by atoms with E-state index in [2.05, 4.69) is 10.6 Å². The molecule has 2 N–H and O–H groups in total. The minimum atomic E-state index is -3.00. The van der Waals surface area contributed by atoms with Crippen LogP contribution in [-0.2, 0) is 16.3 Å². The van der Waals surface area contributed by atoms with Crippen molar-refractivity contribution in [2.45, 2.75) is 83.7 Å². The third kappa shape index (κ3) is 6.74. The molecule has 2 aromatic carbocycles. The first kappa shape index (κ1) is 28.7. The lowest BCUT2D eigenvalue weighted by Crippen LogP contribution is -2.40. The van der Waals surface area contributed by atoms with Crippen LogP contribution >= 0.6 is 11.3 Å². The van der Waals surface area contributed by atoms with E-state index < -0.39 is 9.84 Å². The topological polar surface area (TPSA) is 105 Å². The van der Waals surface area contributed by atoms with Crippen LogP contribution in [0.15, 0.2) is 36.4 Å². The average molecular weight is 582 g/mol. The lowest BCUT2D eigenvalue weighted by molar-refractivity contribution is 0.0916. The van der Waals surface area contributed by atoms with E-state index in [1.54, 1.807) is 0 Å². The van der Waals surface area contributed by atoms with Gasteiger partial charge < -0.3 is 10.6 Å². The van der Waals surface area contributed by atoms with Crippen LogP contribution in [0.2, 0.25) is 0 Å². The second-order valence-corrected chi connectivity index (χ2v) is 15.6. The maximum Gasteiger partial charge on any atom is 0.280 e. The summed E-state index contributed by atoms with van der Waals surface area (Å²) in [6, 6.07) is 11.6. The lowest BCUT2D eigenvalue weighted by Gasteiger charge is -2.22. The summed E-state index contributed by atoms with van der Waals surface area (Å²) in [5.74, 6) is 0.397. The van der Waals surface area contributed by atoms with Crippen LogP contribution < -0.4 is 10.6 Å². The van der Waals surface area contributed by atoms with Crippen LogP contribution in [0.5, 0.6) is 0 Å². The van der Waals surface area contributed by atoms with Gasteiger partial charge in [-0.05, 0) is 62.8 Å². The Labute approximate surface area is 241 Å². The standard InChI is InChI=1S/C31H39N3O4S2/c1-31(2,3)34-28(35)25-14-13-24(22-11-7-8-12-23(22)25)27-26(19-20-9-5-4-6-10-20)33-30(39-27)29(36)32-21-15-17-40(37,38)18-16-21/h7-8,11-14,20-21H,4-6,9-10,15-19H2,1-3H3,(H,32,36)(H,34,35). The van der Waals surface area contributed by atoms with Crippen LogP contribution in [0, 0.1) is 5.92 Å². The van der Waals surface area contributed by atoms with Crippen LogP contribution in [0.1, 0.15) is 91.6 Å². The molecule has 3 aromatic rings. The van der Waals surface area contributed by atoms with Gasteiger partial charge in [-0.15, -0.1) is 11.3 Å². The molecule has 0 spiro atoms. The van der Waals surface area contributed by atoms with Crippen LogP contribution in [0.25, 0.3) is 21.2 Å². The van der Waals surface area contributed by atoms with Gasteiger partial charge in [0.25, 0.3) is 11.8 Å². The maximum atomic E-state index is 13.3. The summed E-state index contributed by atoms with van der Waals surface area (Å²) < 4.78 is 23.7. The summed E-state index contributed by atoms with van der Waals surface area (Å²) in [5, 5.41) is 8.36. The molecular weight excluding hydrogens is 542 g/mol. The molecule has 214 valence electrons. The molecule has 1 aromatic heterocycles. The van der Waals surface area contributed by atoms with Gasteiger partial charge in [0.2, 0.25) is 0 Å². The summed E-state index contributed by atoms with van der Waals surface area (Å²) in [5.41, 5.74) is 2.18. The molecule has 1 aliphatic carbocycles. The second-order valence-electron chi connectivity index (χ2n) is 12.3. The van der Waals surface area contributed by atoms with Gasteiger partial charge in [0, 0.05) is 22.7 Å². The smallest absolute Gasteiger partial charge is 0.280 e. The van der Waals surface area contributed by atoms with E-state index in [-0.39, 0.29) is 34.9 Å². The number of amides is 2. The minimum Gasteiger partial charge on any atom is -0.347 e. The Morgan fingerprint density at radius 3 is 2.27 bits per heavy atom. The summed E-state index contributed by atoms with van der Waals surface area (Å²) in [4.78, 5) is 32.4. The highest BCUT2D eigenvalue weighted by atomic mass is 32.2. The molecule has 1 aliphatic heterocycles. The highest BCUT2D eigenvalue weighted by molar-refractivity contribution is 7.91. The average Bonchev–Trinajstić information content (AvgIpc) is 3.32. The van der Waals surface area contributed by atoms with E-state index >= 15 is 0 Å². The third-order valence-electron chi connectivity index (χ3n) is 7.89. The molecule has 0 bridgehead atoms. The van der Waals surface area contributed by atoms with Crippen molar-refractivity contribution in [1.82, 2.24) is 15.6 Å². The molecule has 0 atom stereocenters. The molecule has 7 nitrogen and oxygen atoms in total. The molecule has 5 rings (SSSR count). The maximum absolute atomic E-state index is 13.3. The van der Waals surface area contributed by atoms with E-state index in [0.29, 0.717) is 29.3 Å². The lowest BCUT2D eigenvalue weighted by atomic mass is 9.85. The number of benzene rings is 2. The van der Waals surface area contributed by atoms with Gasteiger partial charge in [0.05, 0.1) is 22.1 Å². The van der Waals surface area contributed by atoms with Crippen molar-refractivity contribution < 1.29 is 18.0 Å². The van der Waals surface area contributed by atoms with Crippen molar-refractivity contribution in [2.24, 2.45) is 5.92 Å². The Hall–Kier alpha value is -2.78. The second kappa shape index (κ2) is 11.6. The van der Waals surface area contributed by atoms with Gasteiger partial charge >= 0.3 is 0 Å². The summed E-state index contributed by atoms with van der Waals surface area (Å²) >= 11 is 1.39. The van der Waals surface area contributed by atoms with E-state index in [4.69, 9.17) is 4.98 Å². The first-order valence-corrected chi connectivity index (χ1v) is 17.0. The summed E-state index contributed by atoms with van der Waals surface area (Å²) in [7, 11) is -3.00. The Balaban J connectivity index is 1.51. The van der Waals surface area contributed by atoms with E-state index in [1.807, 2.05) is 57.2 Å². The summed E-state index contributed by atoms with van der Waals surface area (Å²) in [6.07, 6.45) is 7.75. The molecule has 2 heterocycles. The van der Waals surface area contributed by atoms with Crippen molar-refractivity contribution in [2.75, 3.05) is 11.5 Å². The van der Waals surface area contributed by atoms with Crippen molar-refractivity contribution >= 4 is 43.8 Å². The molecule has 1 saturated carbocycles. The van der Waals surface area contributed by atoms with Gasteiger partial charge in [0.15, 0.2) is 5.01 Å². The number of nitrogens with one attached hydrogen (secondary N) is 2. The fourth-order valence-electron chi connectivity index (χ4n) is 5.85. The first-order valence-electron chi connectivity index (χ1n) is 14.3. The molecule has 40 heavy (non-hydrogen) atoms. The van der Waals surface area contributed by atoms with E-state index in [9.17, 15) is 18.0 Å². The Bertz CT molecular complexity index is 1500. The van der Waals surface area contributed by atoms with Gasteiger partial charge in [-0.2, -0.15) is 0 Å². The Kier molecular flexibility index (Phi) is 8.34. The zero-order chi connectivity index (χ0) is 28.5. The third-order valence-corrected chi connectivity index (χ3v) is 10.7. The largest absolute Gasteiger partial charge is 0.347 e. The zero-order valence-electron chi connectivity index (χ0n) is 23.6. The Morgan fingerprint density at radius 2 is 1.60 bits per heavy atom. The number of aromatic nitrogens is 1. The van der Waals surface area contributed by atoms with Gasteiger partial charge in [0.1, 0.15) is 9.84 Å². The number of thiazole rings is 1. The van der Waals surface area contributed by atoms with Crippen molar-refractivity contribution in [3.63, 3.8) is 0 Å². The van der Waals surface area contributed by atoms with Crippen LogP contribution in [0.4, 0.5) is 0 Å². The quantitative estimate of drug-likeness (QED) is 0.376. The zero-order valence-corrected chi connectivity index (χ0v) is 25.2. The highest BCUT2D eigenvalue weighted by Crippen LogP contribution is 2.39. The summed E-state index contributed by atoms with van der Waals surface area (Å²) in [6.45, 7) is 5.90. The highest BCUT2D eigenvalue weighted by Gasteiger charge is 2.28. The van der Waals surface area contributed by atoms with Gasteiger partial charge in [-0.3, -0.25) is 9.59 Å². The predicted octanol–water partition coefficient (Wildman–Crippen LogP) is 5.92. The molecule has 0 radical (unpaired) electrons. The monoisotopic (exact) mass is 581 g/mol. The van der Waals surface area contributed by atoms with Crippen molar-refractivity contribution in [3.8, 4) is 10.4 Å². The van der Waals surface area contributed by atoms with Gasteiger partial charge in [-0.1, -0.05) is 62.4 Å². The van der Waals surface area contributed by atoms with Crippen molar-refractivity contribution in [1.29, 1.82) is 0 Å². The van der Waals surface area contributed by atoms with Crippen LogP contribution in [-0.4, -0.2) is 48.3 Å². The SMILES string of the molecule is CC(C)(C)NC(=O)c1ccc(-c2sc(C(=O)NC3CCS(=O)(=O)CC3)nc2CC2CCCCC2)c2ccccc12. The van der Waals surface area contributed by atoms with E-state index in [1.165, 1.54) is 43.4 Å². The molecule has 2 aliphatic rings. The minimum absolute atomic E-state index is 0.106.